The molecule has 1 saturated heterocycles. The second-order valence-electron chi connectivity index (χ2n) is 8.72. The van der Waals surface area contributed by atoms with Gasteiger partial charge in [-0.1, -0.05) is 0 Å². The molecule has 0 unspecified atom stereocenters. The zero-order chi connectivity index (χ0) is 30.6. The Morgan fingerprint density at radius 2 is 1.85 bits per heavy atom. The normalized spacial score (nSPS) is 18.8. The van der Waals surface area contributed by atoms with Gasteiger partial charge in [0.15, 0.2) is 11.8 Å². The van der Waals surface area contributed by atoms with E-state index in [1.807, 2.05) is 0 Å². The van der Waals surface area contributed by atoms with Crippen LogP contribution in [0.4, 0.5) is 39.9 Å². The van der Waals surface area contributed by atoms with Crippen LogP contribution in [0.15, 0.2) is 18.5 Å². The smallest absolute Gasteiger partial charge is 0.475 e. The SMILES string of the molecule is COC[C@H](c1cnn2cc([C@@H](N)[C@@H](C)O[C@H](C)C(F)(F)F)nc2c1)N1CC(F)(F)CNC1=O.O=C(O)C(F)(F)F. The molecule has 2 aromatic rings. The lowest BCUT2D eigenvalue weighted by Gasteiger charge is -2.38. The fourth-order valence-corrected chi connectivity index (χ4v) is 3.44. The highest BCUT2D eigenvalue weighted by atomic mass is 19.4. The fraction of sp³-hybridized carbons (Fsp3) is 0.619. The van der Waals surface area contributed by atoms with E-state index >= 15 is 0 Å². The Morgan fingerprint density at radius 1 is 1.25 bits per heavy atom. The number of aliphatic carboxylic acids is 1. The number of methoxy groups -OCH3 is 1. The van der Waals surface area contributed by atoms with Gasteiger partial charge in [0.2, 0.25) is 0 Å². The van der Waals surface area contributed by atoms with Gasteiger partial charge in [-0.3, -0.25) is 0 Å². The summed E-state index contributed by atoms with van der Waals surface area (Å²) in [5.41, 5.74) is 6.92. The molecule has 2 aromatic heterocycles. The van der Waals surface area contributed by atoms with Crippen molar-refractivity contribution in [2.24, 2.45) is 5.73 Å². The topological polar surface area (TPSA) is 144 Å². The van der Waals surface area contributed by atoms with Crippen LogP contribution in [0.25, 0.3) is 5.65 Å². The van der Waals surface area contributed by atoms with E-state index in [9.17, 15) is 39.9 Å². The van der Waals surface area contributed by atoms with Gasteiger partial charge in [0.1, 0.15) is 0 Å². The van der Waals surface area contributed by atoms with Crippen molar-refractivity contribution in [3.63, 3.8) is 0 Å². The second-order valence-corrected chi connectivity index (χ2v) is 8.72. The van der Waals surface area contributed by atoms with Gasteiger partial charge in [0.25, 0.3) is 5.92 Å². The first-order chi connectivity index (χ1) is 18.3. The number of carbonyl (C=O) groups excluding carboxylic acids is 1. The molecule has 2 amide bonds. The van der Waals surface area contributed by atoms with Crippen molar-refractivity contribution in [3.8, 4) is 0 Å². The number of carbonyl (C=O) groups is 2. The van der Waals surface area contributed by atoms with E-state index < -0.39 is 67.7 Å². The van der Waals surface area contributed by atoms with Crippen LogP contribution in [0.2, 0.25) is 0 Å². The Labute approximate surface area is 221 Å². The molecule has 3 rings (SSSR count). The van der Waals surface area contributed by atoms with Crippen LogP contribution in [0.1, 0.15) is 37.2 Å². The number of carboxylic acids is 1. The van der Waals surface area contributed by atoms with E-state index in [2.05, 4.69) is 15.4 Å². The number of hydrogen-bond acceptors (Lipinski definition) is 7. The molecule has 0 radical (unpaired) electrons. The van der Waals surface area contributed by atoms with Gasteiger partial charge in [-0.2, -0.15) is 31.4 Å². The van der Waals surface area contributed by atoms with Crippen molar-refractivity contribution in [2.45, 2.75) is 56.4 Å². The van der Waals surface area contributed by atoms with Crippen LogP contribution >= 0.6 is 0 Å². The van der Waals surface area contributed by atoms with Crippen molar-refractivity contribution in [2.75, 3.05) is 26.8 Å². The summed E-state index contributed by atoms with van der Waals surface area (Å²) in [5, 5.41) is 13.5. The highest BCUT2D eigenvalue weighted by Crippen LogP contribution is 2.29. The van der Waals surface area contributed by atoms with E-state index in [4.69, 9.17) is 25.1 Å². The molecule has 11 nitrogen and oxygen atoms in total. The largest absolute Gasteiger partial charge is 0.490 e. The molecule has 0 saturated carbocycles. The Kier molecular flexibility index (Phi) is 10.2. The Hall–Kier alpha value is -3.32. The van der Waals surface area contributed by atoms with E-state index in [1.54, 1.807) is 0 Å². The number of alkyl halides is 8. The molecule has 3 heterocycles. The second kappa shape index (κ2) is 12.5. The van der Waals surface area contributed by atoms with E-state index in [0.717, 1.165) is 11.8 Å². The maximum absolute atomic E-state index is 13.9. The molecule has 1 aliphatic heterocycles. The number of nitrogens with one attached hydrogen (secondary N) is 1. The number of amides is 2. The zero-order valence-corrected chi connectivity index (χ0v) is 21.1. The number of nitrogens with zero attached hydrogens (tertiary/aromatic N) is 4. The van der Waals surface area contributed by atoms with E-state index in [0.29, 0.717) is 5.56 Å². The number of aromatic nitrogens is 3. The molecule has 0 aliphatic carbocycles. The third-order valence-corrected chi connectivity index (χ3v) is 5.58. The van der Waals surface area contributed by atoms with Crippen LogP contribution in [-0.4, -0.2) is 93.9 Å². The third kappa shape index (κ3) is 8.59. The van der Waals surface area contributed by atoms with Crippen LogP contribution in [0.5, 0.6) is 0 Å². The van der Waals surface area contributed by atoms with Gasteiger partial charge in [0, 0.05) is 12.7 Å². The van der Waals surface area contributed by atoms with Crippen LogP contribution in [0.3, 0.4) is 0 Å². The Bertz CT molecular complexity index is 1170. The molecule has 1 aliphatic rings. The molecular weight excluding hydrogens is 568 g/mol. The monoisotopic (exact) mass is 594 g/mol. The predicted molar refractivity (Wildman–Crippen MR) is 119 cm³/mol. The fourth-order valence-electron chi connectivity index (χ4n) is 3.44. The van der Waals surface area contributed by atoms with Crippen molar-refractivity contribution in [1.82, 2.24) is 24.8 Å². The highest BCUT2D eigenvalue weighted by molar-refractivity contribution is 5.76. The minimum absolute atomic E-state index is 0.0748. The highest BCUT2D eigenvalue weighted by Gasteiger charge is 2.42. The molecule has 4 atom stereocenters. The summed E-state index contributed by atoms with van der Waals surface area (Å²) in [5.74, 6) is -5.87. The van der Waals surface area contributed by atoms with Crippen LogP contribution in [0, 0.1) is 0 Å². The average molecular weight is 594 g/mol. The maximum atomic E-state index is 13.9. The lowest BCUT2D eigenvalue weighted by atomic mass is 10.1. The summed E-state index contributed by atoms with van der Waals surface area (Å²) in [6.45, 7) is 0.661. The summed E-state index contributed by atoms with van der Waals surface area (Å²) in [6.07, 6.45) is -9.82. The summed E-state index contributed by atoms with van der Waals surface area (Å²) < 4.78 is 109. The number of urea groups is 1. The number of halogens is 8. The van der Waals surface area contributed by atoms with E-state index in [1.165, 1.54) is 37.0 Å². The lowest BCUT2D eigenvalue weighted by Crippen LogP contribution is -2.58. The molecule has 40 heavy (non-hydrogen) atoms. The van der Waals surface area contributed by atoms with Crippen molar-refractivity contribution in [3.05, 3.63) is 29.7 Å². The number of fused-ring (bicyclic) bond motifs is 1. The number of rotatable bonds is 8. The summed E-state index contributed by atoms with van der Waals surface area (Å²) in [4.78, 5) is 26.4. The van der Waals surface area contributed by atoms with Gasteiger partial charge in [-0.05, 0) is 19.9 Å². The summed E-state index contributed by atoms with van der Waals surface area (Å²) >= 11 is 0. The molecule has 4 N–H and O–H groups in total. The van der Waals surface area contributed by atoms with Crippen LogP contribution < -0.4 is 11.1 Å². The number of carboxylic acid groups (broad SMARTS) is 1. The third-order valence-electron chi connectivity index (χ3n) is 5.58. The van der Waals surface area contributed by atoms with Gasteiger partial charge >= 0.3 is 24.4 Å². The Balaban J connectivity index is 0.000000708. The zero-order valence-electron chi connectivity index (χ0n) is 21.1. The van der Waals surface area contributed by atoms with Gasteiger partial charge < -0.3 is 30.5 Å². The molecule has 0 bridgehead atoms. The van der Waals surface area contributed by atoms with E-state index in [-0.39, 0.29) is 17.9 Å². The summed E-state index contributed by atoms with van der Waals surface area (Å²) in [6, 6.07) is -1.00. The van der Waals surface area contributed by atoms with Crippen molar-refractivity contribution >= 4 is 17.6 Å². The first-order valence-electron chi connectivity index (χ1n) is 11.3. The molecule has 0 aromatic carbocycles. The molecule has 0 spiro atoms. The number of nitrogens with two attached hydrogens (primary N) is 1. The molecular formula is C21H26F8N6O5. The average Bonchev–Trinajstić information content (AvgIpc) is 3.26. The molecule has 1 fully saturated rings. The quantitative estimate of drug-likeness (QED) is 0.396. The molecule has 19 heteroatoms. The van der Waals surface area contributed by atoms with Gasteiger partial charge in [-0.25, -0.2) is 27.9 Å². The van der Waals surface area contributed by atoms with Gasteiger partial charge in [0.05, 0.1) is 56.0 Å². The minimum Gasteiger partial charge on any atom is -0.475 e. The first kappa shape index (κ1) is 32.9. The number of ether oxygens (including phenoxy) is 2. The Morgan fingerprint density at radius 3 is 2.38 bits per heavy atom. The predicted octanol–water partition coefficient (Wildman–Crippen LogP) is 3.07. The maximum Gasteiger partial charge on any atom is 0.490 e. The number of hydrogen-bond donors (Lipinski definition) is 3. The first-order valence-corrected chi connectivity index (χ1v) is 11.3. The standard InChI is InChI=1S/C19H25F5N6O3.C2HF3O2/c1-10(33-11(2)19(22,23)24)16(25)13-6-30-15(28-13)4-12(5-27-30)14(7-32-3)29-9-18(20,21)8-26-17(29)31;3-2(4,5)1(6)7/h4-6,10-11,14,16H,7-9,25H2,1-3H3,(H,26,31);(H,6,7)/t10-,11-,14-,16+;/m1./s1. The van der Waals surface area contributed by atoms with Crippen molar-refractivity contribution in [1.29, 1.82) is 0 Å². The van der Waals surface area contributed by atoms with Gasteiger partial charge in [-0.15, -0.1) is 0 Å². The van der Waals surface area contributed by atoms with Crippen LogP contribution in [-0.2, 0) is 14.3 Å². The minimum atomic E-state index is -5.08. The molecule has 226 valence electrons. The number of imidazole rings is 1. The summed E-state index contributed by atoms with van der Waals surface area (Å²) in [7, 11) is 1.37. The lowest BCUT2D eigenvalue weighted by molar-refractivity contribution is -0.227. The van der Waals surface area contributed by atoms with Crippen molar-refractivity contribution < 1.29 is 59.3 Å².